The number of hydrogen-bond donors (Lipinski definition) is 2. The summed E-state index contributed by atoms with van der Waals surface area (Å²) >= 11 is 0. The third-order valence-electron chi connectivity index (χ3n) is 4.34. The molecule has 0 saturated heterocycles. The highest BCUT2D eigenvalue weighted by Crippen LogP contribution is 2.37. The van der Waals surface area contributed by atoms with Gasteiger partial charge in [-0.2, -0.15) is 0 Å². The van der Waals surface area contributed by atoms with Crippen molar-refractivity contribution in [2.45, 2.75) is 25.0 Å². The van der Waals surface area contributed by atoms with Crippen molar-refractivity contribution in [2.24, 2.45) is 0 Å². The lowest BCUT2D eigenvalue weighted by molar-refractivity contribution is 0.0693. The van der Waals surface area contributed by atoms with Crippen molar-refractivity contribution >= 4 is 21.5 Å². The van der Waals surface area contributed by atoms with Gasteiger partial charge in [-0.1, -0.05) is 48.5 Å². The second-order valence-corrected chi connectivity index (χ2v) is 5.63. The van der Waals surface area contributed by atoms with E-state index in [4.69, 9.17) is 0 Å². The molecule has 0 heterocycles. The molecule has 0 amide bonds. The third kappa shape index (κ3) is 1.65. The molecule has 0 fully saturated rings. The fourth-order valence-electron chi connectivity index (χ4n) is 3.44. The molecule has 0 saturated carbocycles. The standard InChI is InChI=1S/C18H16O2/c19-13-9-12-6-7-15-14-4-2-1-3-11(14)5-8-16(15)18(12)17(20)10-13/h1-8,13,17,19-20H,9-10H2. The molecule has 0 aliphatic heterocycles. The number of rotatable bonds is 0. The Balaban J connectivity index is 2.10. The van der Waals surface area contributed by atoms with Gasteiger partial charge in [-0.3, -0.25) is 0 Å². The Kier molecular flexibility index (Phi) is 2.56. The van der Waals surface area contributed by atoms with E-state index in [1.165, 1.54) is 16.2 Å². The van der Waals surface area contributed by atoms with Crippen LogP contribution in [0.25, 0.3) is 21.5 Å². The first-order valence-corrected chi connectivity index (χ1v) is 7.03. The van der Waals surface area contributed by atoms with Crippen molar-refractivity contribution in [1.82, 2.24) is 0 Å². The zero-order chi connectivity index (χ0) is 13.7. The molecule has 2 nitrogen and oxygen atoms in total. The van der Waals surface area contributed by atoms with Crippen LogP contribution in [0.1, 0.15) is 23.7 Å². The second kappa shape index (κ2) is 4.30. The SMILES string of the molecule is OC1Cc2ccc3c(ccc4ccccc43)c2C(O)C1. The number of aliphatic hydroxyl groups is 2. The van der Waals surface area contributed by atoms with Gasteiger partial charge in [0.15, 0.2) is 0 Å². The zero-order valence-electron chi connectivity index (χ0n) is 11.1. The van der Waals surface area contributed by atoms with Crippen molar-refractivity contribution in [2.75, 3.05) is 0 Å². The second-order valence-electron chi connectivity index (χ2n) is 5.63. The summed E-state index contributed by atoms with van der Waals surface area (Å²) in [6, 6.07) is 16.7. The van der Waals surface area contributed by atoms with Crippen molar-refractivity contribution < 1.29 is 10.2 Å². The first-order chi connectivity index (χ1) is 9.74. The monoisotopic (exact) mass is 264 g/mol. The summed E-state index contributed by atoms with van der Waals surface area (Å²) in [7, 11) is 0. The minimum Gasteiger partial charge on any atom is -0.393 e. The van der Waals surface area contributed by atoms with Crippen molar-refractivity contribution in [3.05, 3.63) is 59.7 Å². The number of benzene rings is 3. The molecule has 2 atom stereocenters. The molecule has 0 aromatic heterocycles. The fourth-order valence-corrected chi connectivity index (χ4v) is 3.44. The average Bonchev–Trinajstić information content (AvgIpc) is 2.46. The molecule has 2 N–H and O–H groups in total. The van der Waals surface area contributed by atoms with Gasteiger partial charge in [0.05, 0.1) is 12.2 Å². The van der Waals surface area contributed by atoms with E-state index in [0.717, 1.165) is 16.5 Å². The van der Waals surface area contributed by atoms with E-state index in [1.807, 2.05) is 12.1 Å². The van der Waals surface area contributed by atoms with Crippen LogP contribution >= 0.6 is 0 Å². The normalized spacial score (nSPS) is 22.1. The topological polar surface area (TPSA) is 40.5 Å². The molecule has 1 aliphatic rings. The highest BCUT2D eigenvalue weighted by molar-refractivity contribution is 6.08. The van der Waals surface area contributed by atoms with E-state index in [-0.39, 0.29) is 0 Å². The highest BCUT2D eigenvalue weighted by Gasteiger charge is 2.26. The predicted molar refractivity (Wildman–Crippen MR) is 80.7 cm³/mol. The first kappa shape index (κ1) is 11.9. The van der Waals surface area contributed by atoms with Gasteiger partial charge < -0.3 is 10.2 Å². The summed E-state index contributed by atoms with van der Waals surface area (Å²) in [6.45, 7) is 0. The van der Waals surface area contributed by atoms with Crippen LogP contribution in [-0.2, 0) is 6.42 Å². The molecule has 2 heteroatoms. The van der Waals surface area contributed by atoms with Gasteiger partial charge in [0.1, 0.15) is 0 Å². The van der Waals surface area contributed by atoms with E-state index in [9.17, 15) is 10.2 Å². The van der Waals surface area contributed by atoms with Crippen LogP contribution < -0.4 is 0 Å². The van der Waals surface area contributed by atoms with Gasteiger partial charge >= 0.3 is 0 Å². The minimum absolute atomic E-state index is 0.430. The minimum atomic E-state index is -0.571. The van der Waals surface area contributed by atoms with E-state index in [1.54, 1.807) is 0 Å². The maximum absolute atomic E-state index is 10.3. The summed E-state index contributed by atoms with van der Waals surface area (Å²) in [6.07, 6.45) is 0.0581. The maximum Gasteiger partial charge on any atom is 0.0823 e. The Labute approximate surface area is 117 Å². The summed E-state index contributed by atoms with van der Waals surface area (Å²) < 4.78 is 0. The lowest BCUT2D eigenvalue weighted by Gasteiger charge is -2.27. The lowest BCUT2D eigenvalue weighted by Crippen LogP contribution is -2.22. The molecule has 1 aliphatic carbocycles. The van der Waals surface area contributed by atoms with Crippen molar-refractivity contribution in [3.63, 3.8) is 0 Å². The Hall–Kier alpha value is -1.90. The van der Waals surface area contributed by atoms with Gasteiger partial charge in [-0.15, -0.1) is 0 Å². The van der Waals surface area contributed by atoms with Crippen LogP contribution in [-0.4, -0.2) is 16.3 Å². The van der Waals surface area contributed by atoms with Crippen molar-refractivity contribution in [1.29, 1.82) is 0 Å². The number of aliphatic hydroxyl groups excluding tert-OH is 2. The van der Waals surface area contributed by atoms with E-state index in [0.29, 0.717) is 12.8 Å². The summed E-state index contributed by atoms with van der Waals surface area (Å²) in [5.41, 5.74) is 2.07. The van der Waals surface area contributed by atoms with Crippen LogP contribution in [0.4, 0.5) is 0 Å². The largest absolute Gasteiger partial charge is 0.393 e. The molecular formula is C18H16O2. The van der Waals surface area contributed by atoms with E-state index in [2.05, 4.69) is 36.4 Å². The molecule has 2 unspecified atom stereocenters. The van der Waals surface area contributed by atoms with E-state index < -0.39 is 12.2 Å². The average molecular weight is 264 g/mol. The zero-order valence-corrected chi connectivity index (χ0v) is 11.1. The Morgan fingerprint density at radius 1 is 0.800 bits per heavy atom. The number of fused-ring (bicyclic) bond motifs is 5. The fraction of sp³-hybridized carbons (Fsp3) is 0.222. The Morgan fingerprint density at radius 3 is 2.50 bits per heavy atom. The smallest absolute Gasteiger partial charge is 0.0823 e. The molecule has 100 valence electrons. The van der Waals surface area contributed by atoms with Crippen LogP contribution in [0.2, 0.25) is 0 Å². The van der Waals surface area contributed by atoms with Crippen LogP contribution in [0, 0.1) is 0 Å². The molecule has 3 aromatic carbocycles. The van der Waals surface area contributed by atoms with Gasteiger partial charge in [0.25, 0.3) is 0 Å². The van der Waals surface area contributed by atoms with Crippen LogP contribution in [0.3, 0.4) is 0 Å². The third-order valence-corrected chi connectivity index (χ3v) is 4.34. The summed E-state index contributed by atoms with van der Waals surface area (Å²) in [5, 5.41) is 24.9. The van der Waals surface area contributed by atoms with Crippen LogP contribution in [0.5, 0.6) is 0 Å². The first-order valence-electron chi connectivity index (χ1n) is 7.03. The molecule has 0 radical (unpaired) electrons. The quantitative estimate of drug-likeness (QED) is 0.611. The van der Waals surface area contributed by atoms with Gasteiger partial charge in [-0.05, 0) is 39.1 Å². The number of hydrogen-bond acceptors (Lipinski definition) is 2. The predicted octanol–water partition coefficient (Wildman–Crippen LogP) is 3.33. The molecule has 3 aromatic rings. The summed E-state index contributed by atoms with van der Waals surface area (Å²) in [4.78, 5) is 0. The lowest BCUT2D eigenvalue weighted by atomic mass is 9.83. The van der Waals surface area contributed by atoms with Gasteiger partial charge in [0, 0.05) is 6.42 Å². The highest BCUT2D eigenvalue weighted by atomic mass is 16.3. The van der Waals surface area contributed by atoms with Gasteiger partial charge in [-0.25, -0.2) is 0 Å². The van der Waals surface area contributed by atoms with Gasteiger partial charge in [0.2, 0.25) is 0 Å². The molecular weight excluding hydrogens is 248 g/mol. The molecule has 4 rings (SSSR count). The van der Waals surface area contributed by atoms with E-state index >= 15 is 0 Å². The molecule has 0 bridgehead atoms. The Morgan fingerprint density at radius 2 is 1.60 bits per heavy atom. The Bertz CT molecular complexity index is 807. The van der Waals surface area contributed by atoms with Crippen molar-refractivity contribution in [3.8, 4) is 0 Å². The summed E-state index contributed by atoms with van der Waals surface area (Å²) in [5.74, 6) is 0. The molecule has 0 spiro atoms. The maximum atomic E-state index is 10.3. The van der Waals surface area contributed by atoms with Crippen LogP contribution in [0.15, 0.2) is 48.5 Å². The molecule has 20 heavy (non-hydrogen) atoms.